The molecule has 0 bridgehead atoms. The lowest BCUT2D eigenvalue weighted by Crippen LogP contribution is -2.18. The summed E-state index contributed by atoms with van der Waals surface area (Å²) in [6.45, 7) is 4.34. The monoisotopic (exact) mass is 271 g/mol. The van der Waals surface area contributed by atoms with Crippen molar-refractivity contribution in [3.63, 3.8) is 0 Å². The molecule has 1 aliphatic rings. The topological polar surface area (TPSA) is 44.5 Å². The lowest BCUT2D eigenvalue weighted by Gasteiger charge is -2.12. The summed E-state index contributed by atoms with van der Waals surface area (Å²) in [5.41, 5.74) is 8.14. The summed E-state index contributed by atoms with van der Waals surface area (Å²) < 4.78 is 11.7. The highest BCUT2D eigenvalue weighted by Crippen LogP contribution is 2.43. The van der Waals surface area contributed by atoms with Crippen molar-refractivity contribution >= 4 is 15.9 Å². The molecule has 0 saturated heterocycles. The van der Waals surface area contributed by atoms with Crippen LogP contribution in [0.15, 0.2) is 10.5 Å². The number of hydrogen-bond donors (Lipinski definition) is 1. The zero-order valence-electron chi connectivity index (χ0n) is 8.84. The molecule has 1 heterocycles. The van der Waals surface area contributed by atoms with Gasteiger partial charge in [0.1, 0.15) is 0 Å². The number of rotatable bonds is 2. The maximum Gasteiger partial charge on any atom is 0.231 e. The van der Waals surface area contributed by atoms with Crippen molar-refractivity contribution in [2.24, 2.45) is 5.73 Å². The Labute approximate surface area is 97.7 Å². The maximum absolute atomic E-state index is 5.80. The van der Waals surface area contributed by atoms with Gasteiger partial charge in [-0.15, -0.1) is 0 Å². The van der Waals surface area contributed by atoms with E-state index in [2.05, 4.69) is 22.0 Å². The first kappa shape index (κ1) is 10.8. The van der Waals surface area contributed by atoms with Gasteiger partial charge in [0, 0.05) is 6.04 Å². The fourth-order valence-electron chi connectivity index (χ4n) is 1.77. The van der Waals surface area contributed by atoms with Crippen molar-refractivity contribution in [3.05, 3.63) is 21.7 Å². The number of nitrogens with two attached hydrogens (primary N) is 1. The van der Waals surface area contributed by atoms with Crippen molar-refractivity contribution < 1.29 is 9.47 Å². The van der Waals surface area contributed by atoms with Crippen molar-refractivity contribution in [3.8, 4) is 11.5 Å². The van der Waals surface area contributed by atoms with Gasteiger partial charge in [0.25, 0.3) is 0 Å². The first-order valence-corrected chi connectivity index (χ1v) is 5.72. The lowest BCUT2D eigenvalue weighted by molar-refractivity contribution is 0.173. The van der Waals surface area contributed by atoms with E-state index in [0.29, 0.717) is 6.79 Å². The number of halogens is 1. The van der Waals surface area contributed by atoms with Crippen LogP contribution in [0.2, 0.25) is 0 Å². The largest absolute Gasteiger partial charge is 0.453 e. The summed E-state index contributed by atoms with van der Waals surface area (Å²) in [6.07, 6.45) is 0.848. The minimum absolute atomic E-state index is 0.149. The van der Waals surface area contributed by atoms with E-state index in [1.54, 1.807) is 0 Å². The number of hydrogen-bond acceptors (Lipinski definition) is 3. The molecule has 0 aromatic heterocycles. The van der Waals surface area contributed by atoms with Gasteiger partial charge in [-0.25, -0.2) is 0 Å². The average Bonchev–Trinajstić information content (AvgIpc) is 2.61. The summed E-state index contributed by atoms with van der Waals surface area (Å²) in [5.74, 6) is 1.65. The minimum Gasteiger partial charge on any atom is -0.453 e. The molecule has 0 saturated carbocycles. The minimum atomic E-state index is 0.149. The zero-order valence-corrected chi connectivity index (χ0v) is 10.4. The predicted octanol–water partition coefficient (Wildman–Crippen LogP) is 2.38. The Morgan fingerprint density at radius 2 is 2.13 bits per heavy atom. The van der Waals surface area contributed by atoms with Crippen molar-refractivity contribution in [2.75, 3.05) is 6.79 Å². The Morgan fingerprint density at radius 1 is 1.47 bits per heavy atom. The van der Waals surface area contributed by atoms with E-state index in [1.807, 2.05) is 13.8 Å². The second-order valence-corrected chi connectivity index (χ2v) is 4.74. The van der Waals surface area contributed by atoms with Gasteiger partial charge in [0.15, 0.2) is 11.5 Å². The highest BCUT2D eigenvalue weighted by Gasteiger charge is 2.22. The van der Waals surface area contributed by atoms with Gasteiger partial charge in [-0.3, -0.25) is 0 Å². The smallest absolute Gasteiger partial charge is 0.231 e. The zero-order chi connectivity index (χ0) is 11.0. The quantitative estimate of drug-likeness (QED) is 0.899. The van der Waals surface area contributed by atoms with E-state index in [-0.39, 0.29) is 6.04 Å². The standard InChI is InChI=1S/C11H14BrNO2/c1-6(13)3-8-4-9(12)11-10(7(8)2)14-5-15-11/h4,6H,3,5,13H2,1-2H3. The summed E-state index contributed by atoms with van der Waals surface area (Å²) >= 11 is 3.48. The van der Waals surface area contributed by atoms with Crippen molar-refractivity contribution in [1.82, 2.24) is 0 Å². The fraction of sp³-hybridized carbons (Fsp3) is 0.455. The molecule has 1 atom stereocenters. The average molecular weight is 272 g/mol. The molecule has 0 fully saturated rings. The van der Waals surface area contributed by atoms with E-state index in [9.17, 15) is 0 Å². The number of ether oxygens (including phenoxy) is 2. The Kier molecular flexibility index (Phi) is 2.89. The van der Waals surface area contributed by atoms with Crippen LogP contribution < -0.4 is 15.2 Å². The molecule has 0 aliphatic carbocycles. The third-order valence-electron chi connectivity index (χ3n) is 2.49. The summed E-state index contributed by atoms with van der Waals surface area (Å²) in [7, 11) is 0. The first-order chi connectivity index (χ1) is 7.09. The van der Waals surface area contributed by atoms with E-state index in [4.69, 9.17) is 15.2 Å². The molecule has 4 heteroatoms. The van der Waals surface area contributed by atoms with Gasteiger partial charge in [-0.1, -0.05) is 0 Å². The normalized spacial score (nSPS) is 15.5. The van der Waals surface area contributed by atoms with Crippen LogP contribution in [0.3, 0.4) is 0 Å². The van der Waals surface area contributed by atoms with Crippen LogP contribution in [-0.4, -0.2) is 12.8 Å². The van der Waals surface area contributed by atoms with Gasteiger partial charge in [0.2, 0.25) is 6.79 Å². The van der Waals surface area contributed by atoms with Crippen molar-refractivity contribution in [1.29, 1.82) is 0 Å². The SMILES string of the molecule is Cc1c(CC(C)N)cc(Br)c2c1OCO2. The summed E-state index contributed by atoms with van der Waals surface area (Å²) in [4.78, 5) is 0. The molecule has 2 N–H and O–H groups in total. The molecule has 1 unspecified atom stereocenters. The van der Waals surface area contributed by atoms with Gasteiger partial charge in [-0.2, -0.15) is 0 Å². The molecule has 82 valence electrons. The third kappa shape index (κ3) is 1.96. The van der Waals surface area contributed by atoms with Gasteiger partial charge >= 0.3 is 0 Å². The molecular formula is C11H14BrNO2. The molecule has 3 nitrogen and oxygen atoms in total. The second kappa shape index (κ2) is 4.02. The van der Waals surface area contributed by atoms with Crippen LogP contribution in [0.25, 0.3) is 0 Å². The maximum atomic E-state index is 5.80. The molecule has 2 rings (SSSR count). The highest BCUT2D eigenvalue weighted by atomic mass is 79.9. The first-order valence-electron chi connectivity index (χ1n) is 4.92. The second-order valence-electron chi connectivity index (χ2n) is 3.89. The Bertz CT molecular complexity index is 391. The molecule has 0 amide bonds. The van der Waals surface area contributed by atoms with Crippen LogP contribution in [0.4, 0.5) is 0 Å². The van der Waals surface area contributed by atoms with Gasteiger partial charge in [0.05, 0.1) is 4.47 Å². The van der Waals surface area contributed by atoms with Crippen LogP contribution in [0.5, 0.6) is 11.5 Å². The van der Waals surface area contributed by atoms with Crippen LogP contribution in [0.1, 0.15) is 18.1 Å². The highest BCUT2D eigenvalue weighted by molar-refractivity contribution is 9.10. The van der Waals surface area contributed by atoms with E-state index in [1.165, 1.54) is 5.56 Å². The van der Waals surface area contributed by atoms with Crippen LogP contribution in [0, 0.1) is 6.92 Å². The predicted molar refractivity (Wildman–Crippen MR) is 62.4 cm³/mol. The molecule has 1 aliphatic heterocycles. The van der Waals surface area contributed by atoms with Gasteiger partial charge in [-0.05, 0) is 53.4 Å². The van der Waals surface area contributed by atoms with E-state index in [0.717, 1.165) is 28.0 Å². The molecule has 1 aromatic rings. The molecule has 0 spiro atoms. The molecule has 15 heavy (non-hydrogen) atoms. The van der Waals surface area contributed by atoms with Crippen molar-refractivity contribution in [2.45, 2.75) is 26.3 Å². The summed E-state index contributed by atoms with van der Waals surface area (Å²) in [5, 5.41) is 0. The molecule has 1 aromatic carbocycles. The lowest BCUT2D eigenvalue weighted by atomic mass is 10.0. The number of fused-ring (bicyclic) bond motifs is 1. The Hall–Kier alpha value is -0.740. The van der Waals surface area contributed by atoms with Crippen LogP contribution >= 0.6 is 15.9 Å². The molecular weight excluding hydrogens is 258 g/mol. The fourth-order valence-corrected chi connectivity index (χ4v) is 2.34. The Morgan fingerprint density at radius 3 is 2.80 bits per heavy atom. The Balaban J connectivity index is 2.45. The summed E-state index contributed by atoms with van der Waals surface area (Å²) in [6, 6.07) is 2.21. The van der Waals surface area contributed by atoms with E-state index < -0.39 is 0 Å². The van der Waals surface area contributed by atoms with Gasteiger partial charge < -0.3 is 15.2 Å². The van der Waals surface area contributed by atoms with E-state index >= 15 is 0 Å². The molecule has 0 radical (unpaired) electrons. The number of benzene rings is 1. The van der Waals surface area contributed by atoms with Crippen LogP contribution in [-0.2, 0) is 6.42 Å². The third-order valence-corrected chi connectivity index (χ3v) is 3.08.